The molecule has 0 aromatic rings. The van der Waals surface area contributed by atoms with Gasteiger partial charge in [0.25, 0.3) is 0 Å². The molecule has 5 nitrogen and oxygen atoms in total. The monoisotopic (exact) mass is 270 g/mol. The van der Waals surface area contributed by atoms with E-state index in [9.17, 15) is 4.79 Å². The first-order chi connectivity index (χ1) is 8.90. The molecule has 2 saturated heterocycles. The van der Waals surface area contributed by atoms with E-state index in [1.807, 2.05) is 20.8 Å². The predicted octanol–water partition coefficient (Wildman–Crippen LogP) is 1.77. The van der Waals surface area contributed by atoms with Gasteiger partial charge in [0.05, 0.1) is 18.8 Å². The van der Waals surface area contributed by atoms with Crippen LogP contribution in [0.1, 0.15) is 40.0 Å². The van der Waals surface area contributed by atoms with Gasteiger partial charge >= 0.3 is 6.09 Å². The minimum absolute atomic E-state index is 0.168. The number of nitrogens with zero attached hydrogens (tertiary/aromatic N) is 1. The Morgan fingerprint density at radius 3 is 2.84 bits per heavy atom. The quantitative estimate of drug-likeness (QED) is 0.729. The van der Waals surface area contributed by atoms with Crippen LogP contribution in [0, 0.1) is 0 Å². The molecule has 0 aromatic carbocycles. The number of rotatable bonds is 0. The van der Waals surface area contributed by atoms with Crippen LogP contribution < -0.4 is 5.32 Å². The van der Waals surface area contributed by atoms with Gasteiger partial charge in [-0.1, -0.05) is 0 Å². The molecule has 110 valence electrons. The van der Waals surface area contributed by atoms with E-state index in [4.69, 9.17) is 9.47 Å². The number of morpholine rings is 1. The number of hydrogen-bond donors (Lipinski definition) is 1. The molecule has 0 radical (unpaired) electrons. The first-order valence-electron chi connectivity index (χ1n) is 7.23. The Kier molecular flexibility index (Phi) is 4.36. The summed E-state index contributed by atoms with van der Waals surface area (Å²) in [5, 5.41) is 3.39. The van der Waals surface area contributed by atoms with Crippen LogP contribution >= 0.6 is 0 Å². The number of ether oxygens (including phenoxy) is 2. The van der Waals surface area contributed by atoms with Crippen molar-refractivity contribution in [3.05, 3.63) is 0 Å². The zero-order valence-corrected chi connectivity index (χ0v) is 12.3. The highest BCUT2D eigenvalue weighted by Gasteiger charge is 2.39. The molecule has 19 heavy (non-hydrogen) atoms. The minimum Gasteiger partial charge on any atom is -0.444 e. The van der Waals surface area contributed by atoms with Crippen molar-refractivity contribution in [2.45, 2.75) is 51.2 Å². The third-order valence-electron chi connectivity index (χ3n) is 3.64. The largest absolute Gasteiger partial charge is 0.444 e. The third-order valence-corrected chi connectivity index (χ3v) is 3.64. The fourth-order valence-corrected chi connectivity index (χ4v) is 2.73. The van der Waals surface area contributed by atoms with Gasteiger partial charge in [0.15, 0.2) is 0 Å². The summed E-state index contributed by atoms with van der Waals surface area (Å²) >= 11 is 0. The smallest absolute Gasteiger partial charge is 0.410 e. The van der Waals surface area contributed by atoms with Gasteiger partial charge < -0.3 is 19.7 Å². The summed E-state index contributed by atoms with van der Waals surface area (Å²) in [5.41, 5.74) is -0.605. The Labute approximate surface area is 115 Å². The molecule has 2 aliphatic rings. The number of nitrogens with one attached hydrogen (secondary N) is 1. The number of carbonyl (C=O) groups is 1. The lowest BCUT2D eigenvalue weighted by atomic mass is 9.92. The second kappa shape index (κ2) is 5.67. The molecule has 1 atom stereocenters. The van der Waals surface area contributed by atoms with Gasteiger partial charge in [0.2, 0.25) is 0 Å². The molecule has 0 bridgehead atoms. The van der Waals surface area contributed by atoms with Gasteiger partial charge in [-0.3, -0.25) is 0 Å². The summed E-state index contributed by atoms with van der Waals surface area (Å²) in [5.74, 6) is 0. The molecule has 1 amide bonds. The Bertz CT molecular complexity index is 317. The van der Waals surface area contributed by atoms with Crippen LogP contribution in [0.15, 0.2) is 0 Å². The molecule has 2 fully saturated rings. The highest BCUT2D eigenvalue weighted by Crippen LogP contribution is 2.29. The lowest BCUT2D eigenvalue weighted by Crippen LogP contribution is -2.54. The summed E-state index contributed by atoms with van der Waals surface area (Å²) in [7, 11) is 0. The normalized spacial score (nSPS) is 29.1. The molecule has 2 aliphatic heterocycles. The molecule has 5 heteroatoms. The van der Waals surface area contributed by atoms with Crippen molar-refractivity contribution in [2.24, 2.45) is 0 Å². The van der Waals surface area contributed by atoms with Crippen LogP contribution in [0.5, 0.6) is 0 Å². The van der Waals surface area contributed by atoms with E-state index in [0.717, 1.165) is 32.4 Å². The minimum atomic E-state index is -0.437. The van der Waals surface area contributed by atoms with Crippen LogP contribution in [-0.2, 0) is 9.47 Å². The van der Waals surface area contributed by atoms with Crippen molar-refractivity contribution in [1.82, 2.24) is 10.2 Å². The standard InChI is InChI=1S/C14H26N2O3/c1-13(2,3)19-12(17)16-9-10-18-14(11-16)5-4-7-15-8-6-14/h15H,4-11H2,1-3H3. The summed E-state index contributed by atoms with van der Waals surface area (Å²) in [6, 6.07) is 0. The van der Waals surface area contributed by atoms with E-state index < -0.39 is 5.60 Å². The Hall–Kier alpha value is -0.810. The average molecular weight is 270 g/mol. The number of hydrogen-bond acceptors (Lipinski definition) is 4. The maximum Gasteiger partial charge on any atom is 0.410 e. The maximum atomic E-state index is 12.2. The topological polar surface area (TPSA) is 50.8 Å². The fourth-order valence-electron chi connectivity index (χ4n) is 2.73. The zero-order chi connectivity index (χ0) is 13.9. The number of carbonyl (C=O) groups excluding carboxylic acids is 1. The molecule has 1 N–H and O–H groups in total. The maximum absolute atomic E-state index is 12.2. The van der Waals surface area contributed by atoms with Crippen molar-refractivity contribution >= 4 is 6.09 Å². The van der Waals surface area contributed by atoms with E-state index in [1.165, 1.54) is 0 Å². The molecule has 0 aromatic heterocycles. The predicted molar refractivity (Wildman–Crippen MR) is 73.2 cm³/mol. The lowest BCUT2D eigenvalue weighted by molar-refractivity contribution is -0.114. The van der Waals surface area contributed by atoms with Gasteiger partial charge in [-0.2, -0.15) is 0 Å². The summed E-state index contributed by atoms with van der Waals surface area (Å²) in [6.45, 7) is 9.59. The second-order valence-electron chi connectivity index (χ2n) is 6.54. The lowest BCUT2D eigenvalue weighted by Gasteiger charge is -2.42. The van der Waals surface area contributed by atoms with E-state index >= 15 is 0 Å². The fraction of sp³-hybridized carbons (Fsp3) is 0.929. The highest BCUT2D eigenvalue weighted by atomic mass is 16.6. The Morgan fingerprint density at radius 2 is 2.11 bits per heavy atom. The van der Waals surface area contributed by atoms with Crippen LogP contribution in [0.25, 0.3) is 0 Å². The van der Waals surface area contributed by atoms with Crippen LogP contribution in [-0.4, -0.2) is 55.0 Å². The molecule has 2 rings (SSSR count). The van der Waals surface area contributed by atoms with Crippen molar-refractivity contribution in [2.75, 3.05) is 32.8 Å². The van der Waals surface area contributed by atoms with E-state index in [0.29, 0.717) is 19.7 Å². The van der Waals surface area contributed by atoms with Gasteiger partial charge in [0, 0.05) is 6.54 Å². The second-order valence-corrected chi connectivity index (χ2v) is 6.54. The van der Waals surface area contributed by atoms with Crippen LogP contribution in [0.2, 0.25) is 0 Å². The molecular formula is C14H26N2O3. The third kappa shape index (κ3) is 4.08. The van der Waals surface area contributed by atoms with Crippen LogP contribution in [0.3, 0.4) is 0 Å². The number of amides is 1. The van der Waals surface area contributed by atoms with E-state index in [2.05, 4.69) is 5.32 Å². The first kappa shape index (κ1) is 14.6. The molecule has 0 saturated carbocycles. The summed E-state index contributed by atoms with van der Waals surface area (Å²) in [6.07, 6.45) is 2.86. The van der Waals surface area contributed by atoms with E-state index in [-0.39, 0.29) is 11.7 Å². The SMILES string of the molecule is CC(C)(C)OC(=O)N1CCOC2(CCCNCC2)C1. The van der Waals surface area contributed by atoms with Crippen molar-refractivity contribution in [1.29, 1.82) is 0 Å². The van der Waals surface area contributed by atoms with Gasteiger partial charge in [-0.25, -0.2) is 4.79 Å². The van der Waals surface area contributed by atoms with E-state index in [1.54, 1.807) is 4.90 Å². The molecule has 1 spiro atoms. The summed E-state index contributed by atoms with van der Waals surface area (Å²) < 4.78 is 11.5. The molecular weight excluding hydrogens is 244 g/mol. The summed E-state index contributed by atoms with van der Waals surface area (Å²) in [4.78, 5) is 14.0. The average Bonchev–Trinajstić information content (AvgIpc) is 2.53. The van der Waals surface area contributed by atoms with Gasteiger partial charge in [-0.05, 0) is 53.1 Å². The molecule has 1 unspecified atom stereocenters. The Morgan fingerprint density at radius 1 is 1.32 bits per heavy atom. The van der Waals surface area contributed by atoms with Crippen molar-refractivity contribution < 1.29 is 14.3 Å². The van der Waals surface area contributed by atoms with Crippen molar-refractivity contribution in [3.63, 3.8) is 0 Å². The van der Waals surface area contributed by atoms with Crippen molar-refractivity contribution in [3.8, 4) is 0 Å². The van der Waals surface area contributed by atoms with Gasteiger partial charge in [-0.15, -0.1) is 0 Å². The zero-order valence-electron chi connectivity index (χ0n) is 12.3. The molecule has 2 heterocycles. The van der Waals surface area contributed by atoms with Crippen LogP contribution in [0.4, 0.5) is 4.79 Å². The first-order valence-corrected chi connectivity index (χ1v) is 7.23. The molecule has 0 aliphatic carbocycles. The highest BCUT2D eigenvalue weighted by molar-refractivity contribution is 5.68. The van der Waals surface area contributed by atoms with Gasteiger partial charge in [0.1, 0.15) is 5.60 Å². The Balaban J connectivity index is 1.98.